The van der Waals surface area contributed by atoms with Gasteiger partial charge in [0.15, 0.2) is 0 Å². The molecule has 3 rings (SSSR count). The van der Waals surface area contributed by atoms with Crippen LogP contribution < -0.4 is 4.90 Å². The standard InChI is InChI=1S/C17H25N5O/c1-21-16(10-14-7-5-8-18-11-14)19-20-17(21)22-9-4-3-6-15(12-22)13-23-2/h5,7-8,11,15H,3-4,6,9-10,12-13H2,1-2H3. The van der Waals surface area contributed by atoms with Crippen LogP contribution in [-0.2, 0) is 18.2 Å². The van der Waals surface area contributed by atoms with Gasteiger partial charge in [-0.25, -0.2) is 0 Å². The molecule has 1 aliphatic rings. The fraction of sp³-hybridized carbons (Fsp3) is 0.588. The third kappa shape index (κ3) is 3.88. The van der Waals surface area contributed by atoms with Crippen molar-refractivity contribution in [1.29, 1.82) is 0 Å². The third-order valence-corrected chi connectivity index (χ3v) is 4.48. The molecule has 1 fully saturated rings. The number of methoxy groups -OCH3 is 1. The lowest BCUT2D eigenvalue weighted by Gasteiger charge is -2.24. The summed E-state index contributed by atoms with van der Waals surface area (Å²) in [6.45, 7) is 2.85. The van der Waals surface area contributed by atoms with Gasteiger partial charge in [0, 0.05) is 46.1 Å². The van der Waals surface area contributed by atoms with Gasteiger partial charge < -0.3 is 14.2 Å². The Hall–Kier alpha value is -1.95. The topological polar surface area (TPSA) is 56.1 Å². The van der Waals surface area contributed by atoms with Gasteiger partial charge in [-0.1, -0.05) is 12.5 Å². The molecule has 23 heavy (non-hydrogen) atoms. The second-order valence-corrected chi connectivity index (χ2v) is 6.28. The number of hydrogen-bond donors (Lipinski definition) is 0. The second kappa shape index (κ2) is 7.55. The molecule has 1 saturated heterocycles. The van der Waals surface area contributed by atoms with E-state index in [-0.39, 0.29) is 0 Å². The molecule has 1 unspecified atom stereocenters. The molecule has 6 heteroatoms. The Morgan fingerprint density at radius 3 is 3.00 bits per heavy atom. The van der Waals surface area contributed by atoms with Gasteiger partial charge in [-0.05, 0) is 30.4 Å². The normalized spacial score (nSPS) is 18.9. The lowest BCUT2D eigenvalue weighted by atomic mass is 10.1. The molecule has 0 aromatic carbocycles. The number of aromatic nitrogens is 4. The van der Waals surface area contributed by atoms with E-state index < -0.39 is 0 Å². The van der Waals surface area contributed by atoms with Crippen molar-refractivity contribution in [1.82, 2.24) is 19.7 Å². The first-order valence-electron chi connectivity index (χ1n) is 8.29. The van der Waals surface area contributed by atoms with Crippen molar-refractivity contribution in [3.63, 3.8) is 0 Å². The first kappa shape index (κ1) is 15.9. The lowest BCUT2D eigenvalue weighted by Crippen LogP contribution is -2.32. The summed E-state index contributed by atoms with van der Waals surface area (Å²) in [4.78, 5) is 6.53. The molecule has 124 valence electrons. The van der Waals surface area contributed by atoms with E-state index in [1.165, 1.54) is 19.3 Å². The Kier molecular flexibility index (Phi) is 5.23. The van der Waals surface area contributed by atoms with Gasteiger partial charge in [-0.2, -0.15) is 0 Å². The van der Waals surface area contributed by atoms with E-state index in [0.717, 1.165) is 43.5 Å². The maximum Gasteiger partial charge on any atom is 0.226 e. The van der Waals surface area contributed by atoms with E-state index in [1.54, 1.807) is 13.3 Å². The molecule has 1 atom stereocenters. The molecule has 6 nitrogen and oxygen atoms in total. The molecule has 0 amide bonds. The maximum absolute atomic E-state index is 5.36. The molecule has 0 N–H and O–H groups in total. The highest BCUT2D eigenvalue weighted by molar-refractivity contribution is 5.32. The van der Waals surface area contributed by atoms with Crippen LogP contribution in [0.3, 0.4) is 0 Å². The number of hydrogen-bond acceptors (Lipinski definition) is 5. The molecule has 1 aliphatic heterocycles. The van der Waals surface area contributed by atoms with Crippen LogP contribution in [0.25, 0.3) is 0 Å². The van der Waals surface area contributed by atoms with E-state index in [1.807, 2.05) is 12.3 Å². The Morgan fingerprint density at radius 1 is 1.30 bits per heavy atom. The summed E-state index contributed by atoms with van der Waals surface area (Å²) in [6.07, 6.45) is 8.11. The van der Waals surface area contributed by atoms with Crippen molar-refractivity contribution in [3.8, 4) is 0 Å². The zero-order chi connectivity index (χ0) is 16.1. The molecule has 0 bridgehead atoms. The van der Waals surface area contributed by atoms with Gasteiger partial charge in [0.25, 0.3) is 0 Å². The predicted octanol–water partition coefficient (Wildman–Crippen LogP) is 2.05. The van der Waals surface area contributed by atoms with Crippen LogP contribution in [0.4, 0.5) is 5.95 Å². The Morgan fingerprint density at radius 2 is 2.22 bits per heavy atom. The zero-order valence-electron chi connectivity index (χ0n) is 14.0. The van der Waals surface area contributed by atoms with Crippen LogP contribution in [0.5, 0.6) is 0 Å². The highest BCUT2D eigenvalue weighted by Crippen LogP contribution is 2.22. The number of pyridine rings is 1. The molecule has 3 heterocycles. The first-order chi connectivity index (χ1) is 11.3. The van der Waals surface area contributed by atoms with E-state index in [9.17, 15) is 0 Å². The summed E-state index contributed by atoms with van der Waals surface area (Å²) in [5, 5.41) is 8.85. The van der Waals surface area contributed by atoms with E-state index in [2.05, 4.69) is 37.8 Å². The predicted molar refractivity (Wildman–Crippen MR) is 89.5 cm³/mol. The van der Waals surface area contributed by atoms with Crippen molar-refractivity contribution in [2.45, 2.75) is 25.7 Å². The fourth-order valence-corrected chi connectivity index (χ4v) is 3.25. The first-order valence-corrected chi connectivity index (χ1v) is 8.29. The summed E-state index contributed by atoms with van der Waals surface area (Å²) in [7, 11) is 3.83. The van der Waals surface area contributed by atoms with Crippen molar-refractivity contribution in [2.75, 3.05) is 31.7 Å². The maximum atomic E-state index is 5.36. The van der Waals surface area contributed by atoms with Gasteiger partial charge in [0.05, 0.1) is 6.61 Å². The smallest absolute Gasteiger partial charge is 0.226 e. The van der Waals surface area contributed by atoms with Crippen molar-refractivity contribution < 1.29 is 4.74 Å². The number of ether oxygens (including phenoxy) is 1. The van der Waals surface area contributed by atoms with Crippen LogP contribution in [0.2, 0.25) is 0 Å². The minimum Gasteiger partial charge on any atom is -0.384 e. The quantitative estimate of drug-likeness (QED) is 0.845. The van der Waals surface area contributed by atoms with Crippen LogP contribution in [0, 0.1) is 5.92 Å². The number of anilines is 1. The molecular formula is C17H25N5O. The zero-order valence-corrected chi connectivity index (χ0v) is 14.0. The molecule has 0 spiro atoms. The molecule has 2 aromatic heterocycles. The van der Waals surface area contributed by atoms with E-state index >= 15 is 0 Å². The molecule has 0 radical (unpaired) electrons. The van der Waals surface area contributed by atoms with E-state index in [4.69, 9.17) is 4.74 Å². The highest BCUT2D eigenvalue weighted by atomic mass is 16.5. The fourth-order valence-electron chi connectivity index (χ4n) is 3.25. The van der Waals surface area contributed by atoms with Crippen LogP contribution in [-0.4, -0.2) is 46.6 Å². The van der Waals surface area contributed by atoms with Gasteiger partial charge in [0.2, 0.25) is 5.95 Å². The molecular weight excluding hydrogens is 290 g/mol. The molecule has 2 aromatic rings. The van der Waals surface area contributed by atoms with Crippen LogP contribution >= 0.6 is 0 Å². The van der Waals surface area contributed by atoms with Gasteiger partial charge in [-0.15, -0.1) is 10.2 Å². The number of rotatable bonds is 5. The largest absolute Gasteiger partial charge is 0.384 e. The summed E-state index contributed by atoms with van der Waals surface area (Å²) < 4.78 is 7.47. The Labute approximate surface area is 137 Å². The monoisotopic (exact) mass is 315 g/mol. The van der Waals surface area contributed by atoms with Gasteiger partial charge in [0.1, 0.15) is 5.82 Å². The summed E-state index contributed by atoms with van der Waals surface area (Å²) in [5.41, 5.74) is 1.16. The lowest BCUT2D eigenvalue weighted by molar-refractivity contribution is 0.151. The van der Waals surface area contributed by atoms with Crippen LogP contribution in [0.1, 0.15) is 30.7 Å². The highest BCUT2D eigenvalue weighted by Gasteiger charge is 2.22. The van der Waals surface area contributed by atoms with Crippen molar-refractivity contribution in [2.24, 2.45) is 13.0 Å². The minimum atomic E-state index is 0.570. The summed E-state index contributed by atoms with van der Waals surface area (Å²) >= 11 is 0. The van der Waals surface area contributed by atoms with E-state index in [0.29, 0.717) is 5.92 Å². The minimum absolute atomic E-state index is 0.570. The van der Waals surface area contributed by atoms with Gasteiger partial charge >= 0.3 is 0 Å². The third-order valence-electron chi connectivity index (χ3n) is 4.48. The average molecular weight is 315 g/mol. The number of nitrogens with zero attached hydrogens (tertiary/aromatic N) is 5. The second-order valence-electron chi connectivity index (χ2n) is 6.28. The van der Waals surface area contributed by atoms with Crippen LogP contribution in [0.15, 0.2) is 24.5 Å². The molecule has 0 aliphatic carbocycles. The summed E-state index contributed by atoms with van der Waals surface area (Å²) in [6, 6.07) is 4.03. The van der Waals surface area contributed by atoms with Crippen molar-refractivity contribution in [3.05, 3.63) is 35.9 Å². The molecule has 0 saturated carbocycles. The Bertz CT molecular complexity index is 613. The summed E-state index contributed by atoms with van der Waals surface area (Å²) in [5.74, 6) is 2.51. The SMILES string of the molecule is COCC1CCCCN(c2nnc(Cc3cccnc3)n2C)C1. The Balaban J connectivity index is 1.75. The van der Waals surface area contributed by atoms with Gasteiger partial charge in [-0.3, -0.25) is 4.98 Å². The van der Waals surface area contributed by atoms with Crippen molar-refractivity contribution >= 4 is 5.95 Å². The average Bonchev–Trinajstić information content (AvgIpc) is 2.78.